The molecule has 0 unspecified atom stereocenters. The molecule has 0 aromatic carbocycles. The summed E-state index contributed by atoms with van der Waals surface area (Å²) in [5.41, 5.74) is 0. The Bertz CT molecular complexity index is 202. The van der Waals surface area contributed by atoms with Gasteiger partial charge in [-0.1, -0.05) is 0 Å². The molecule has 0 bridgehead atoms. The van der Waals surface area contributed by atoms with Gasteiger partial charge in [0, 0.05) is 17.4 Å². The van der Waals surface area contributed by atoms with Gasteiger partial charge in [-0.25, -0.2) is 13.7 Å². The third-order valence-corrected chi connectivity index (χ3v) is 0. The SMILES string of the molecule is O=P(O)(O)O.O=P(O)(O)O.O=P(O)(O)O.[Cr]. The van der Waals surface area contributed by atoms with Crippen molar-refractivity contribution < 1.29 is 75.1 Å². The van der Waals surface area contributed by atoms with Crippen molar-refractivity contribution in [1.82, 2.24) is 0 Å². The first-order chi connectivity index (χ1) is 6.00. The van der Waals surface area contributed by atoms with Crippen LogP contribution in [0.5, 0.6) is 0 Å². The van der Waals surface area contributed by atoms with Crippen LogP contribution in [0.3, 0.4) is 0 Å². The normalized spacial score (nSPS) is 11.1. The van der Waals surface area contributed by atoms with E-state index in [-0.39, 0.29) is 17.4 Å². The largest absolute Gasteiger partial charge is 0.466 e. The minimum atomic E-state index is -4.64. The van der Waals surface area contributed by atoms with Gasteiger partial charge in [0.1, 0.15) is 0 Å². The third-order valence-electron chi connectivity index (χ3n) is 0. The molecule has 0 radical (unpaired) electrons. The summed E-state index contributed by atoms with van der Waals surface area (Å²) < 4.78 is 26.6. The van der Waals surface area contributed by atoms with E-state index in [4.69, 9.17) is 57.7 Å². The second kappa shape index (κ2) is 9.85. The Morgan fingerprint density at radius 1 is 0.438 bits per heavy atom. The van der Waals surface area contributed by atoms with Crippen LogP contribution in [0.15, 0.2) is 0 Å². The molecule has 0 aliphatic carbocycles. The van der Waals surface area contributed by atoms with Crippen LogP contribution >= 0.6 is 23.5 Å². The average molecular weight is 346 g/mol. The van der Waals surface area contributed by atoms with Crippen LogP contribution in [0.1, 0.15) is 0 Å². The molecule has 102 valence electrons. The molecule has 0 aromatic heterocycles. The molecule has 0 saturated carbocycles. The fourth-order valence-electron chi connectivity index (χ4n) is 0. The monoisotopic (exact) mass is 346 g/mol. The van der Waals surface area contributed by atoms with E-state index < -0.39 is 23.5 Å². The third kappa shape index (κ3) is 3840. The van der Waals surface area contributed by atoms with Crippen LogP contribution in [0.25, 0.3) is 0 Å². The fourth-order valence-corrected chi connectivity index (χ4v) is 0. The first kappa shape index (κ1) is 25.6. The Hall–Kier alpha value is 0.862. The standard InChI is InChI=1S/Cr.3H3O4P/c;3*1-5(2,3)4/h;3*(H3,1,2,3,4). The number of hydrogen-bond donors (Lipinski definition) is 9. The first-order valence-corrected chi connectivity index (χ1v) is 7.04. The van der Waals surface area contributed by atoms with Crippen LogP contribution < -0.4 is 0 Å². The van der Waals surface area contributed by atoms with E-state index in [1.54, 1.807) is 0 Å². The molecule has 16 heteroatoms. The zero-order valence-corrected chi connectivity index (χ0v) is 11.0. The van der Waals surface area contributed by atoms with Gasteiger partial charge in [0.15, 0.2) is 0 Å². The topological polar surface area (TPSA) is 233 Å². The summed E-state index contributed by atoms with van der Waals surface area (Å²) in [5, 5.41) is 0. The van der Waals surface area contributed by atoms with Crippen molar-refractivity contribution in [3.8, 4) is 0 Å². The Labute approximate surface area is 99.1 Å². The number of phosphoric acid groups is 3. The maximum atomic E-state index is 8.88. The second-order valence-corrected chi connectivity index (χ2v) is 4.62. The maximum Gasteiger partial charge on any atom is 0.466 e. The van der Waals surface area contributed by atoms with E-state index in [2.05, 4.69) is 0 Å². The molecule has 0 aliphatic heterocycles. The quantitative estimate of drug-likeness (QED) is 0.202. The summed E-state index contributed by atoms with van der Waals surface area (Å²) in [7, 11) is -13.9. The van der Waals surface area contributed by atoms with Gasteiger partial charge in [0.25, 0.3) is 0 Å². The molecule has 0 atom stereocenters. The summed E-state index contributed by atoms with van der Waals surface area (Å²) in [6.07, 6.45) is 0. The van der Waals surface area contributed by atoms with Crippen molar-refractivity contribution >= 4 is 23.5 Å². The van der Waals surface area contributed by atoms with Crippen LogP contribution in [-0.4, -0.2) is 44.0 Å². The van der Waals surface area contributed by atoms with E-state index in [9.17, 15) is 0 Å². The second-order valence-electron chi connectivity index (χ2n) is 1.54. The predicted molar refractivity (Wildman–Crippen MR) is 42.8 cm³/mol. The van der Waals surface area contributed by atoms with E-state index in [1.807, 2.05) is 0 Å². The van der Waals surface area contributed by atoms with Crippen LogP contribution in [0, 0.1) is 0 Å². The molecule has 0 spiro atoms. The van der Waals surface area contributed by atoms with E-state index >= 15 is 0 Å². The molecular weight excluding hydrogens is 337 g/mol. The van der Waals surface area contributed by atoms with Crippen molar-refractivity contribution in [2.45, 2.75) is 0 Å². The van der Waals surface area contributed by atoms with Gasteiger partial charge in [-0.15, -0.1) is 0 Å². The van der Waals surface area contributed by atoms with E-state index in [1.165, 1.54) is 0 Å². The van der Waals surface area contributed by atoms with Crippen molar-refractivity contribution in [3.63, 3.8) is 0 Å². The molecule has 0 saturated heterocycles. The molecule has 0 aliphatic rings. The van der Waals surface area contributed by atoms with E-state index in [0.29, 0.717) is 0 Å². The van der Waals surface area contributed by atoms with Gasteiger partial charge >= 0.3 is 23.5 Å². The Kier molecular flexibility index (Phi) is 15.8. The molecule has 16 heavy (non-hydrogen) atoms. The van der Waals surface area contributed by atoms with Crippen molar-refractivity contribution in [3.05, 3.63) is 0 Å². The first-order valence-electron chi connectivity index (χ1n) is 2.35. The van der Waals surface area contributed by atoms with Crippen LogP contribution in [0.4, 0.5) is 0 Å². The number of hydrogen-bond acceptors (Lipinski definition) is 3. The minimum Gasteiger partial charge on any atom is -0.303 e. The van der Waals surface area contributed by atoms with Gasteiger partial charge in [0.05, 0.1) is 0 Å². The van der Waals surface area contributed by atoms with Crippen molar-refractivity contribution in [2.24, 2.45) is 0 Å². The van der Waals surface area contributed by atoms with E-state index in [0.717, 1.165) is 0 Å². The number of rotatable bonds is 0. The zero-order valence-electron chi connectivity index (χ0n) is 7.00. The molecule has 0 heterocycles. The average Bonchev–Trinajstić information content (AvgIpc) is 1.41. The summed E-state index contributed by atoms with van der Waals surface area (Å²) in [6, 6.07) is 0. The summed E-state index contributed by atoms with van der Waals surface area (Å²) in [4.78, 5) is 64.7. The Morgan fingerprint density at radius 2 is 0.438 bits per heavy atom. The van der Waals surface area contributed by atoms with Crippen LogP contribution in [0.2, 0.25) is 0 Å². The Balaban J connectivity index is -0.0000000655. The van der Waals surface area contributed by atoms with Gasteiger partial charge < -0.3 is 44.0 Å². The molecule has 12 nitrogen and oxygen atoms in total. The Morgan fingerprint density at radius 3 is 0.438 bits per heavy atom. The molecule has 0 amide bonds. The van der Waals surface area contributed by atoms with Crippen molar-refractivity contribution in [2.75, 3.05) is 0 Å². The van der Waals surface area contributed by atoms with Gasteiger partial charge in [0.2, 0.25) is 0 Å². The summed E-state index contributed by atoms with van der Waals surface area (Å²) in [6.45, 7) is 0. The van der Waals surface area contributed by atoms with Crippen molar-refractivity contribution in [1.29, 1.82) is 0 Å². The molecule has 9 N–H and O–H groups in total. The predicted octanol–water partition coefficient (Wildman–Crippen LogP) is -2.79. The minimum absolute atomic E-state index is 0. The summed E-state index contributed by atoms with van der Waals surface area (Å²) in [5.74, 6) is 0. The molecule has 0 rings (SSSR count). The molecule has 0 aromatic rings. The maximum absolute atomic E-state index is 8.88. The fraction of sp³-hybridized carbons (Fsp3) is 0. The smallest absolute Gasteiger partial charge is 0.303 e. The zero-order chi connectivity index (χ0) is 13.5. The van der Waals surface area contributed by atoms with Gasteiger partial charge in [-0.2, -0.15) is 0 Å². The van der Waals surface area contributed by atoms with Gasteiger partial charge in [-0.3, -0.25) is 0 Å². The summed E-state index contributed by atoms with van der Waals surface area (Å²) >= 11 is 0. The van der Waals surface area contributed by atoms with Gasteiger partial charge in [-0.05, 0) is 0 Å². The molecular formula is H9CrO12P3. The van der Waals surface area contributed by atoms with Crippen LogP contribution in [-0.2, 0) is 31.1 Å². The molecule has 0 fully saturated rings.